The second-order valence-corrected chi connectivity index (χ2v) is 12.9. The quantitative estimate of drug-likeness (QED) is 0.174. The van der Waals surface area contributed by atoms with Gasteiger partial charge < -0.3 is 30.9 Å². The highest BCUT2D eigenvalue weighted by Gasteiger charge is 2.45. The second kappa shape index (κ2) is 11.1. The van der Waals surface area contributed by atoms with Gasteiger partial charge in [-0.15, -0.1) is 0 Å². The van der Waals surface area contributed by atoms with Crippen LogP contribution in [0.4, 0.5) is 11.5 Å². The number of phosphoric acid groups is 2. The molecule has 2 aromatic heterocycles. The first-order valence-corrected chi connectivity index (χ1v) is 15.6. The maximum Gasteiger partial charge on any atom is 0.489 e. The highest BCUT2D eigenvalue weighted by molar-refractivity contribution is 7.68. The van der Waals surface area contributed by atoms with Crippen LogP contribution in [0.5, 0.6) is 0 Å². The molecule has 8 N–H and O–H groups in total. The molecule has 4 rings (SSSR count). The number of anilines is 2. The maximum atomic E-state index is 12.5. The van der Waals surface area contributed by atoms with Crippen molar-refractivity contribution in [1.82, 2.24) is 19.5 Å². The topological polar surface area (TPSA) is 256 Å². The molecule has 3 aromatic rings. The molecule has 1 aliphatic heterocycles. The molecule has 1 fully saturated rings. The van der Waals surface area contributed by atoms with Gasteiger partial charge in [0, 0.05) is 12.1 Å². The Kier molecular flexibility index (Phi) is 8.38. The number of aromatic nitrogens is 4. The molecule has 0 saturated carbocycles. The summed E-state index contributed by atoms with van der Waals surface area (Å²) in [5.41, 5.74) is 12.9. The molecule has 20 heteroatoms. The van der Waals surface area contributed by atoms with Gasteiger partial charge in [-0.1, -0.05) is 12.1 Å². The Balaban J connectivity index is 1.38. The molecule has 0 aliphatic carbocycles. The lowest BCUT2D eigenvalue weighted by molar-refractivity contribution is -0.00647. The van der Waals surface area contributed by atoms with Crippen molar-refractivity contribution in [2.45, 2.75) is 38.2 Å². The second-order valence-electron chi connectivity index (χ2n) is 8.23. The van der Waals surface area contributed by atoms with Gasteiger partial charge in [0.25, 0.3) is 0 Å². The van der Waals surface area contributed by atoms with Gasteiger partial charge in [0.05, 0.1) is 18.5 Å². The van der Waals surface area contributed by atoms with Gasteiger partial charge in [0.1, 0.15) is 18.1 Å². The zero-order valence-electron chi connectivity index (χ0n) is 19.8. The predicted octanol–water partition coefficient (Wildman–Crippen LogP) is 2.05. The fourth-order valence-electron chi connectivity index (χ4n) is 3.74. The summed E-state index contributed by atoms with van der Waals surface area (Å²) in [4.78, 5) is 42.1. The summed E-state index contributed by atoms with van der Waals surface area (Å²) >= 11 is 0. The van der Waals surface area contributed by atoms with E-state index in [2.05, 4.69) is 23.6 Å². The van der Waals surface area contributed by atoms with Crippen LogP contribution >= 0.6 is 23.4 Å². The zero-order chi connectivity index (χ0) is 27.7. The summed E-state index contributed by atoms with van der Waals surface area (Å²) in [6.45, 7) is 1.94. The minimum atomic E-state index is -5.59. The molecule has 0 bridgehead atoms. The van der Waals surface area contributed by atoms with Crippen molar-refractivity contribution in [3.8, 4) is 0 Å². The van der Waals surface area contributed by atoms with Gasteiger partial charge in [-0.25, -0.2) is 28.6 Å². The van der Waals surface area contributed by atoms with Crippen LogP contribution in [0.1, 0.15) is 25.1 Å². The number of ether oxygens (including phenoxy) is 1. The molecular formula is C18H26N7O10P3. The van der Waals surface area contributed by atoms with E-state index in [1.165, 1.54) is 36.3 Å². The summed E-state index contributed by atoms with van der Waals surface area (Å²) in [5, 5.41) is 2.03. The van der Waals surface area contributed by atoms with Crippen LogP contribution in [0.3, 0.4) is 0 Å². The Morgan fingerprint density at radius 2 is 1.82 bits per heavy atom. The van der Waals surface area contributed by atoms with Gasteiger partial charge in [-0.3, -0.25) is 14.2 Å². The average molecular weight is 593 g/mol. The number of rotatable bonds is 11. The molecule has 38 heavy (non-hydrogen) atoms. The van der Waals surface area contributed by atoms with Crippen LogP contribution in [0.2, 0.25) is 0 Å². The van der Waals surface area contributed by atoms with E-state index < -0.39 is 41.8 Å². The van der Waals surface area contributed by atoms with Crippen LogP contribution in [0.15, 0.2) is 36.9 Å². The van der Waals surface area contributed by atoms with Gasteiger partial charge in [0.15, 0.2) is 11.5 Å². The minimum Gasteiger partial charge on any atom is -0.382 e. The van der Waals surface area contributed by atoms with Crippen molar-refractivity contribution in [2.75, 3.05) is 17.4 Å². The molecule has 4 unspecified atom stereocenters. The lowest BCUT2D eigenvalue weighted by atomic mass is 10.1. The number of phosphoric ester groups is 1. The smallest absolute Gasteiger partial charge is 0.382 e. The summed E-state index contributed by atoms with van der Waals surface area (Å²) in [7, 11) is -15.9. The third-order valence-corrected chi connectivity index (χ3v) is 9.81. The van der Waals surface area contributed by atoms with Gasteiger partial charge in [0.2, 0.25) is 0 Å². The lowest BCUT2D eigenvalue weighted by Crippen LogP contribution is -2.20. The van der Waals surface area contributed by atoms with Crippen LogP contribution in [0, 0.1) is 0 Å². The maximum absolute atomic E-state index is 12.5. The van der Waals surface area contributed by atoms with Crippen molar-refractivity contribution in [3.05, 3.63) is 42.5 Å². The Hall–Kier alpha value is -2.26. The molecule has 1 saturated heterocycles. The van der Waals surface area contributed by atoms with Crippen LogP contribution in [-0.4, -0.2) is 53.0 Å². The molecular weight excluding hydrogens is 567 g/mol. The van der Waals surface area contributed by atoms with Crippen LogP contribution < -0.4 is 16.6 Å². The van der Waals surface area contributed by atoms with Gasteiger partial charge in [-0.2, -0.15) is 8.62 Å². The Morgan fingerprint density at radius 1 is 1.11 bits per heavy atom. The lowest BCUT2D eigenvalue weighted by Gasteiger charge is -2.21. The van der Waals surface area contributed by atoms with E-state index in [1.54, 1.807) is 12.1 Å². The molecule has 208 valence electrons. The number of nitrogens with zero attached hydrogens (tertiary/aromatic N) is 4. The van der Waals surface area contributed by atoms with E-state index >= 15 is 0 Å². The zero-order valence-corrected chi connectivity index (χ0v) is 22.5. The number of nitrogens with two attached hydrogens (primary N) is 2. The average Bonchev–Trinajstić information content (AvgIpc) is 3.37. The van der Waals surface area contributed by atoms with E-state index in [0.29, 0.717) is 24.1 Å². The van der Waals surface area contributed by atoms with Crippen molar-refractivity contribution >= 4 is 46.1 Å². The van der Waals surface area contributed by atoms with Crippen molar-refractivity contribution in [1.29, 1.82) is 0 Å². The normalized spacial score (nSPS) is 24.5. The van der Waals surface area contributed by atoms with Crippen LogP contribution in [0.25, 0.3) is 11.2 Å². The SMILES string of the molecule is C[C@H]1O[C@@H](n2cnc3c(N)ncnc32)CC1OP(=O)(O)OP(=O)(O)OP(=O)(O)Nc1ccc(CCN)cc1. The molecule has 1 aromatic carbocycles. The summed E-state index contributed by atoms with van der Waals surface area (Å²) in [6.07, 6.45) is 0.573. The highest BCUT2D eigenvalue weighted by Crippen LogP contribution is 2.67. The number of benzene rings is 1. The number of hydrogen-bond acceptors (Lipinski definition) is 12. The van der Waals surface area contributed by atoms with Crippen LogP contribution in [-0.2, 0) is 38.0 Å². The third kappa shape index (κ3) is 7.03. The summed E-state index contributed by atoms with van der Waals surface area (Å²) < 4.78 is 58.0. The molecule has 3 heterocycles. The Bertz CT molecular complexity index is 1440. The van der Waals surface area contributed by atoms with E-state index in [-0.39, 0.29) is 17.9 Å². The Labute approximate surface area is 215 Å². The van der Waals surface area contributed by atoms with Crippen molar-refractivity contribution in [2.24, 2.45) is 5.73 Å². The summed E-state index contributed by atoms with van der Waals surface area (Å²) in [5.74, 6) is 0.152. The molecule has 1 aliphatic rings. The van der Waals surface area contributed by atoms with Crippen molar-refractivity contribution < 1.29 is 46.3 Å². The molecule has 0 amide bonds. The Morgan fingerprint density at radius 3 is 2.50 bits per heavy atom. The first kappa shape index (κ1) is 28.7. The fourth-order valence-corrected chi connectivity index (χ4v) is 7.68. The summed E-state index contributed by atoms with van der Waals surface area (Å²) in [6, 6.07) is 6.07. The van der Waals surface area contributed by atoms with Gasteiger partial charge in [-0.05, 0) is 37.6 Å². The minimum absolute atomic E-state index is 0.0127. The largest absolute Gasteiger partial charge is 0.489 e. The standard InChI is InChI=1S/C18H26N7O10P3/c1-11-14(8-15(32-11)25-10-23-16-17(20)21-9-22-18(16)25)33-37(28,29)35-38(30,31)34-36(26,27)24-13-4-2-12(3-5-13)6-7-19/h2-5,9-11,14-15H,6-8,19H2,1H3,(H,28,29)(H,30,31)(H2,20,21,22)(H2,24,26,27)/t11-,14?,15-/m1/s1. The number of fused-ring (bicyclic) bond motifs is 1. The van der Waals surface area contributed by atoms with E-state index in [1.807, 2.05) is 5.09 Å². The molecule has 6 atom stereocenters. The first-order chi connectivity index (χ1) is 17.8. The fraction of sp³-hybridized carbons (Fsp3) is 0.389. The first-order valence-electron chi connectivity index (χ1n) is 11.0. The highest BCUT2D eigenvalue weighted by atomic mass is 31.3. The van der Waals surface area contributed by atoms with Gasteiger partial charge >= 0.3 is 23.4 Å². The third-order valence-electron chi connectivity index (χ3n) is 5.37. The molecule has 0 radical (unpaired) electrons. The molecule has 17 nitrogen and oxygen atoms in total. The van der Waals surface area contributed by atoms with Crippen molar-refractivity contribution in [3.63, 3.8) is 0 Å². The van der Waals surface area contributed by atoms with E-state index in [9.17, 15) is 28.4 Å². The number of hydrogen-bond donors (Lipinski definition) is 6. The van der Waals surface area contributed by atoms with E-state index in [4.69, 9.17) is 20.7 Å². The number of nitrogens with one attached hydrogen (secondary N) is 1. The molecule has 0 spiro atoms. The number of imidazole rings is 1. The monoisotopic (exact) mass is 593 g/mol. The van der Waals surface area contributed by atoms with E-state index in [0.717, 1.165) is 5.56 Å². The predicted molar refractivity (Wildman–Crippen MR) is 133 cm³/mol. The number of nitrogen functional groups attached to an aromatic ring is 1.